The van der Waals surface area contributed by atoms with E-state index in [1.54, 1.807) is 35.8 Å². The van der Waals surface area contributed by atoms with Crippen molar-refractivity contribution in [2.75, 3.05) is 0 Å². The van der Waals surface area contributed by atoms with E-state index < -0.39 is 16.0 Å². The van der Waals surface area contributed by atoms with Crippen molar-refractivity contribution >= 4 is 27.3 Å². The van der Waals surface area contributed by atoms with Crippen LogP contribution in [0, 0.1) is 0 Å². The minimum atomic E-state index is -3.85. The smallest absolute Gasteiger partial charge is 0.307 e. The molecule has 2 aromatic heterocycles. The molecule has 4 aromatic rings. The molecule has 6 nitrogen and oxygen atoms in total. The Hall–Kier alpha value is -3.33. The van der Waals surface area contributed by atoms with Crippen LogP contribution in [-0.4, -0.2) is 28.8 Å². The van der Waals surface area contributed by atoms with Crippen LogP contribution in [0.2, 0.25) is 0 Å². The minimum Gasteiger partial charge on any atom is -0.481 e. The summed E-state index contributed by atoms with van der Waals surface area (Å²) in [5.41, 5.74) is 4.23. The number of carboxylic acids is 1. The van der Waals surface area contributed by atoms with Gasteiger partial charge in [0.25, 0.3) is 0 Å². The number of sulfonamides is 1. The van der Waals surface area contributed by atoms with E-state index in [2.05, 4.69) is 24.0 Å². The summed E-state index contributed by atoms with van der Waals surface area (Å²) in [5, 5.41) is 10.8. The maximum Gasteiger partial charge on any atom is 0.307 e. The van der Waals surface area contributed by atoms with Gasteiger partial charge in [0.2, 0.25) is 10.0 Å². The lowest BCUT2D eigenvalue weighted by Crippen LogP contribution is -2.30. The molecule has 0 aliphatic carbocycles. The number of rotatable bonds is 12. The van der Waals surface area contributed by atoms with Crippen LogP contribution >= 0.6 is 11.3 Å². The van der Waals surface area contributed by atoms with Crippen LogP contribution in [0.4, 0.5) is 0 Å². The highest BCUT2D eigenvalue weighted by molar-refractivity contribution is 7.89. The highest BCUT2D eigenvalue weighted by Crippen LogP contribution is 2.31. The lowest BCUT2D eigenvalue weighted by Gasteiger charge is -2.22. The van der Waals surface area contributed by atoms with Crippen LogP contribution < -0.4 is 0 Å². The molecule has 0 aliphatic rings. The van der Waals surface area contributed by atoms with Gasteiger partial charge in [-0.3, -0.25) is 9.78 Å². The molecule has 0 atom stereocenters. The Bertz CT molecular complexity index is 1430. The van der Waals surface area contributed by atoms with E-state index in [9.17, 15) is 18.3 Å². The molecule has 0 radical (unpaired) electrons. The second-order valence-corrected chi connectivity index (χ2v) is 11.8. The number of aromatic nitrogens is 1. The zero-order chi connectivity index (χ0) is 26.3. The fourth-order valence-electron chi connectivity index (χ4n) is 4.08. The Balaban J connectivity index is 1.64. The number of hydrogen-bond acceptors (Lipinski definition) is 5. The molecule has 0 saturated heterocycles. The van der Waals surface area contributed by atoms with E-state index in [0.29, 0.717) is 5.56 Å². The second-order valence-electron chi connectivity index (χ2n) is 8.95. The van der Waals surface area contributed by atoms with Crippen molar-refractivity contribution in [3.8, 4) is 10.6 Å². The third-order valence-electron chi connectivity index (χ3n) is 6.04. The van der Waals surface area contributed by atoms with E-state index in [1.807, 2.05) is 36.4 Å². The molecule has 192 valence electrons. The molecular weight excluding hydrogens is 504 g/mol. The Morgan fingerprint density at radius 3 is 2.35 bits per heavy atom. The first-order chi connectivity index (χ1) is 17.8. The molecular formula is C29H30N2O4S2. The summed E-state index contributed by atoms with van der Waals surface area (Å²) in [6.07, 6.45) is 4.81. The lowest BCUT2D eigenvalue weighted by molar-refractivity contribution is -0.136. The molecule has 2 aromatic carbocycles. The van der Waals surface area contributed by atoms with E-state index in [1.165, 1.54) is 21.2 Å². The SMILES string of the molecule is CCCCc1ccc(CN(Cc2cccc(CC(=O)O)c2)S(=O)(=O)c2csc(-c3ccccn3)c2)cc1. The third kappa shape index (κ3) is 7.13. The number of nitrogens with zero attached hydrogens (tertiary/aromatic N) is 2. The number of carboxylic acid groups (broad SMARTS) is 1. The highest BCUT2D eigenvalue weighted by atomic mass is 32.2. The Morgan fingerprint density at radius 1 is 0.919 bits per heavy atom. The van der Waals surface area contributed by atoms with Gasteiger partial charge < -0.3 is 5.11 Å². The normalized spacial score (nSPS) is 11.6. The van der Waals surface area contributed by atoms with Gasteiger partial charge >= 0.3 is 5.97 Å². The van der Waals surface area contributed by atoms with E-state index >= 15 is 0 Å². The summed E-state index contributed by atoms with van der Waals surface area (Å²) in [7, 11) is -3.85. The van der Waals surface area contributed by atoms with E-state index in [0.717, 1.165) is 41.0 Å². The van der Waals surface area contributed by atoms with E-state index in [-0.39, 0.29) is 24.4 Å². The third-order valence-corrected chi connectivity index (χ3v) is 8.91. The number of unbranched alkanes of at least 4 members (excludes halogenated alkanes) is 1. The van der Waals surface area contributed by atoms with Crippen molar-refractivity contribution in [3.63, 3.8) is 0 Å². The number of thiophene rings is 1. The quantitative estimate of drug-likeness (QED) is 0.235. The number of benzene rings is 2. The highest BCUT2D eigenvalue weighted by Gasteiger charge is 2.27. The summed E-state index contributed by atoms with van der Waals surface area (Å²) in [4.78, 5) is 16.5. The van der Waals surface area contributed by atoms with Crippen molar-refractivity contribution in [2.24, 2.45) is 0 Å². The number of pyridine rings is 1. The summed E-state index contributed by atoms with van der Waals surface area (Å²) in [6, 6.07) is 22.4. The van der Waals surface area contributed by atoms with Crippen LogP contribution in [-0.2, 0) is 40.7 Å². The minimum absolute atomic E-state index is 0.113. The molecule has 37 heavy (non-hydrogen) atoms. The standard InChI is InChI=1S/C29H30N2O4S2/c1-2-3-7-22-11-13-23(14-12-22)19-31(20-25-9-6-8-24(16-25)17-29(32)33)37(34,35)26-18-28(36-21-26)27-10-4-5-15-30-27/h4-6,8-16,18,21H,2-3,7,17,19-20H2,1H3,(H,32,33). The summed E-state index contributed by atoms with van der Waals surface area (Å²) < 4.78 is 29.2. The van der Waals surface area contributed by atoms with Crippen molar-refractivity contribution in [1.82, 2.24) is 9.29 Å². The first kappa shape index (κ1) is 26.7. The molecule has 0 unspecified atom stereocenters. The largest absolute Gasteiger partial charge is 0.481 e. The van der Waals surface area contributed by atoms with Crippen LogP contribution in [0.5, 0.6) is 0 Å². The van der Waals surface area contributed by atoms with Crippen LogP contribution in [0.15, 0.2) is 89.3 Å². The van der Waals surface area contributed by atoms with Gasteiger partial charge in [-0.2, -0.15) is 4.31 Å². The van der Waals surface area contributed by atoms with Gasteiger partial charge in [-0.25, -0.2) is 8.42 Å². The molecule has 2 heterocycles. The van der Waals surface area contributed by atoms with E-state index in [4.69, 9.17) is 0 Å². The van der Waals surface area contributed by atoms with Crippen LogP contribution in [0.3, 0.4) is 0 Å². The first-order valence-corrected chi connectivity index (χ1v) is 14.5. The summed E-state index contributed by atoms with van der Waals surface area (Å²) in [6.45, 7) is 2.49. The van der Waals surface area contributed by atoms with Crippen molar-refractivity contribution < 1.29 is 18.3 Å². The first-order valence-electron chi connectivity index (χ1n) is 12.2. The lowest BCUT2D eigenvalue weighted by atomic mass is 10.1. The van der Waals surface area contributed by atoms with Crippen LogP contribution in [0.1, 0.15) is 42.0 Å². The monoisotopic (exact) mass is 534 g/mol. The molecule has 1 N–H and O–H groups in total. The Labute approximate surface area is 222 Å². The zero-order valence-corrected chi connectivity index (χ0v) is 22.3. The van der Waals surface area contributed by atoms with Gasteiger partial charge in [0.1, 0.15) is 0 Å². The molecule has 0 amide bonds. The Morgan fingerprint density at radius 2 is 1.65 bits per heavy atom. The predicted octanol–water partition coefficient (Wildman–Crippen LogP) is 6.17. The van der Waals surface area contributed by atoms with Gasteiger partial charge in [-0.1, -0.05) is 67.9 Å². The van der Waals surface area contributed by atoms with Crippen molar-refractivity contribution in [1.29, 1.82) is 0 Å². The number of aliphatic carboxylic acids is 1. The fourth-order valence-corrected chi connectivity index (χ4v) is 6.74. The molecule has 4 rings (SSSR count). The maximum absolute atomic E-state index is 13.9. The topological polar surface area (TPSA) is 87.6 Å². The summed E-state index contributed by atoms with van der Waals surface area (Å²) >= 11 is 1.34. The zero-order valence-electron chi connectivity index (χ0n) is 20.7. The second kappa shape index (κ2) is 12.3. The van der Waals surface area contributed by atoms with Crippen molar-refractivity contribution in [3.05, 3.63) is 107 Å². The van der Waals surface area contributed by atoms with Gasteiger partial charge in [-0.05, 0) is 53.3 Å². The average Bonchev–Trinajstić information content (AvgIpc) is 3.40. The van der Waals surface area contributed by atoms with Crippen molar-refractivity contribution in [2.45, 2.75) is 50.6 Å². The van der Waals surface area contributed by atoms with Gasteiger partial charge in [0, 0.05) is 24.7 Å². The maximum atomic E-state index is 13.9. The molecule has 0 fully saturated rings. The number of carbonyl (C=O) groups is 1. The molecule has 8 heteroatoms. The van der Waals surface area contributed by atoms with Crippen LogP contribution in [0.25, 0.3) is 10.6 Å². The summed E-state index contributed by atoms with van der Waals surface area (Å²) in [5.74, 6) is -0.926. The van der Waals surface area contributed by atoms with Gasteiger partial charge in [-0.15, -0.1) is 11.3 Å². The van der Waals surface area contributed by atoms with Gasteiger partial charge in [0.05, 0.1) is 21.9 Å². The molecule has 0 spiro atoms. The molecule has 0 aliphatic heterocycles. The van der Waals surface area contributed by atoms with Gasteiger partial charge in [0.15, 0.2) is 0 Å². The fraction of sp³-hybridized carbons (Fsp3) is 0.241. The molecule has 0 bridgehead atoms. The molecule has 0 saturated carbocycles. The average molecular weight is 535 g/mol. The number of aryl methyl sites for hydroxylation is 1. The number of hydrogen-bond donors (Lipinski definition) is 1. The predicted molar refractivity (Wildman–Crippen MR) is 147 cm³/mol. The Kier molecular flexibility index (Phi) is 8.87.